The van der Waals surface area contributed by atoms with Gasteiger partial charge in [-0.05, 0) is 97.9 Å². The zero-order chi connectivity index (χ0) is 25.0. The van der Waals surface area contributed by atoms with Crippen LogP contribution in [0, 0.1) is 12.8 Å². The minimum atomic E-state index is -3.64. The van der Waals surface area contributed by atoms with Gasteiger partial charge < -0.3 is 10.8 Å². The maximum atomic E-state index is 12.4. The van der Waals surface area contributed by atoms with Gasteiger partial charge in [-0.1, -0.05) is 30.4 Å². The summed E-state index contributed by atoms with van der Waals surface area (Å²) in [6, 6.07) is 9.30. The lowest BCUT2D eigenvalue weighted by atomic mass is 9.75. The average Bonchev–Trinajstić information content (AvgIpc) is 3.16. The number of rotatable bonds is 6. The number of nitrogens with zero attached hydrogens (tertiary/aromatic N) is 1. The standard InChI is InChI=1S/C27H32N2O4S/c1-6-34(32,33)29(5)24-9-7-8-19(16(24)2)21-12-13-22(26(28)30)23-15-17-14-18(27(3,4)31)10-11-20(17)25(21)23/h6-9,12-13,18,31H,1,10-11,14-15H2,2-5H3,(H2,28,30). The number of sulfonamides is 1. The van der Waals surface area contributed by atoms with Crippen molar-refractivity contribution in [1.29, 1.82) is 0 Å². The fraction of sp³-hybridized carbons (Fsp3) is 0.370. The molecular weight excluding hydrogens is 448 g/mol. The maximum absolute atomic E-state index is 12.4. The molecule has 2 aliphatic rings. The molecule has 1 unspecified atom stereocenters. The molecule has 3 N–H and O–H groups in total. The van der Waals surface area contributed by atoms with Gasteiger partial charge in [0.1, 0.15) is 0 Å². The number of carbonyl (C=O) groups excluding carboxylic acids is 1. The van der Waals surface area contributed by atoms with Crippen LogP contribution in [0.15, 0.2) is 47.9 Å². The SMILES string of the molecule is C=CS(=O)(=O)N(C)c1cccc(-c2ccc(C(N)=O)c3c2C2=C(C3)CC(C(C)(C)O)CC2)c1C. The molecule has 2 aromatic rings. The van der Waals surface area contributed by atoms with Crippen LogP contribution in [0.1, 0.15) is 60.2 Å². The molecule has 2 aromatic carbocycles. The van der Waals surface area contributed by atoms with Gasteiger partial charge in [0.2, 0.25) is 5.91 Å². The van der Waals surface area contributed by atoms with E-state index in [0.717, 1.165) is 52.5 Å². The normalized spacial score (nSPS) is 17.9. The number of hydrogen-bond acceptors (Lipinski definition) is 4. The van der Waals surface area contributed by atoms with Crippen molar-refractivity contribution in [3.8, 4) is 11.1 Å². The Labute approximate surface area is 201 Å². The molecule has 1 amide bonds. The lowest BCUT2D eigenvalue weighted by Crippen LogP contribution is -2.32. The lowest BCUT2D eigenvalue weighted by molar-refractivity contribution is 0.0123. The Balaban J connectivity index is 1.90. The first kappa shape index (κ1) is 24.2. The minimum Gasteiger partial charge on any atom is -0.390 e. The zero-order valence-corrected chi connectivity index (χ0v) is 21.0. The average molecular weight is 481 g/mol. The largest absolute Gasteiger partial charge is 0.390 e. The molecule has 4 rings (SSSR count). The first-order valence-electron chi connectivity index (χ1n) is 11.5. The molecule has 7 heteroatoms. The predicted molar refractivity (Wildman–Crippen MR) is 137 cm³/mol. The fourth-order valence-electron chi connectivity index (χ4n) is 5.45. The van der Waals surface area contributed by atoms with Gasteiger partial charge in [-0.2, -0.15) is 0 Å². The van der Waals surface area contributed by atoms with Gasteiger partial charge in [-0.25, -0.2) is 8.42 Å². The van der Waals surface area contributed by atoms with Crippen LogP contribution in [0.5, 0.6) is 0 Å². The first-order chi connectivity index (χ1) is 15.9. The van der Waals surface area contributed by atoms with Crippen molar-refractivity contribution in [3.05, 3.63) is 70.1 Å². The number of hydrogen-bond donors (Lipinski definition) is 2. The van der Waals surface area contributed by atoms with E-state index in [0.29, 0.717) is 17.7 Å². The number of nitrogens with two attached hydrogens (primary N) is 1. The second-order valence-electron chi connectivity index (χ2n) is 9.86. The van der Waals surface area contributed by atoms with Crippen LogP contribution >= 0.6 is 0 Å². The smallest absolute Gasteiger partial charge is 0.256 e. The highest BCUT2D eigenvalue weighted by Crippen LogP contribution is 2.50. The van der Waals surface area contributed by atoms with Crippen molar-refractivity contribution in [2.75, 3.05) is 11.4 Å². The van der Waals surface area contributed by atoms with Gasteiger partial charge >= 0.3 is 0 Å². The van der Waals surface area contributed by atoms with E-state index < -0.39 is 21.5 Å². The number of allylic oxidation sites excluding steroid dienone is 2. The van der Waals surface area contributed by atoms with Crippen LogP contribution < -0.4 is 10.0 Å². The highest BCUT2D eigenvalue weighted by atomic mass is 32.2. The summed E-state index contributed by atoms with van der Waals surface area (Å²) in [5.74, 6) is -0.298. The van der Waals surface area contributed by atoms with E-state index in [1.165, 1.54) is 22.5 Å². The molecule has 6 nitrogen and oxygen atoms in total. The Morgan fingerprint density at radius 1 is 1.24 bits per heavy atom. The fourth-order valence-corrected chi connectivity index (χ4v) is 6.15. The van der Waals surface area contributed by atoms with Gasteiger partial charge in [-0.3, -0.25) is 9.10 Å². The van der Waals surface area contributed by atoms with Crippen molar-refractivity contribution < 1.29 is 18.3 Å². The van der Waals surface area contributed by atoms with Gasteiger partial charge in [0.05, 0.1) is 11.3 Å². The van der Waals surface area contributed by atoms with Crippen LogP contribution in [0.2, 0.25) is 0 Å². The second-order valence-corrected chi connectivity index (χ2v) is 11.8. The van der Waals surface area contributed by atoms with E-state index in [4.69, 9.17) is 5.73 Å². The molecule has 180 valence electrons. The van der Waals surface area contributed by atoms with Gasteiger partial charge in [0, 0.05) is 18.0 Å². The Bertz CT molecular complexity index is 1330. The van der Waals surface area contributed by atoms with E-state index in [1.54, 1.807) is 12.1 Å². The second kappa shape index (κ2) is 8.40. The quantitative estimate of drug-likeness (QED) is 0.633. The number of fused-ring (bicyclic) bond motifs is 2. The predicted octanol–water partition coefficient (Wildman–Crippen LogP) is 4.55. The summed E-state index contributed by atoms with van der Waals surface area (Å²) in [4.78, 5) is 12.3. The van der Waals surface area contributed by atoms with Crippen molar-refractivity contribution in [2.24, 2.45) is 11.7 Å². The zero-order valence-electron chi connectivity index (χ0n) is 20.2. The summed E-state index contributed by atoms with van der Waals surface area (Å²) in [5.41, 5.74) is 13.2. The number of carbonyl (C=O) groups is 1. The molecule has 0 saturated heterocycles. The van der Waals surface area contributed by atoms with E-state index in [9.17, 15) is 18.3 Å². The Morgan fingerprint density at radius 3 is 2.56 bits per heavy atom. The minimum absolute atomic E-state index is 0.156. The molecule has 0 aromatic heterocycles. The highest BCUT2D eigenvalue weighted by Gasteiger charge is 2.37. The topological polar surface area (TPSA) is 101 Å². The number of benzene rings is 2. The molecule has 0 saturated carbocycles. The number of anilines is 1. The third-order valence-electron chi connectivity index (χ3n) is 7.46. The molecule has 0 radical (unpaired) electrons. The molecular formula is C27H32N2O4S. The molecule has 34 heavy (non-hydrogen) atoms. The molecule has 0 heterocycles. The summed E-state index contributed by atoms with van der Waals surface area (Å²) in [7, 11) is -2.12. The third kappa shape index (κ3) is 3.97. The highest BCUT2D eigenvalue weighted by molar-refractivity contribution is 7.95. The van der Waals surface area contributed by atoms with Crippen molar-refractivity contribution in [2.45, 2.75) is 52.1 Å². The van der Waals surface area contributed by atoms with Crippen LogP contribution in [0.3, 0.4) is 0 Å². The maximum Gasteiger partial charge on any atom is 0.256 e. The summed E-state index contributed by atoms with van der Waals surface area (Å²) < 4.78 is 26.1. The number of primary amides is 1. The first-order valence-corrected chi connectivity index (χ1v) is 13.0. The molecule has 1 atom stereocenters. The number of amides is 1. The summed E-state index contributed by atoms with van der Waals surface area (Å²) in [5, 5.41) is 11.5. The van der Waals surface area contributed by atoms with Crippen molar-refractivity contribution >= 4 is 27.2 Å². The Kier molecular flexibility index (Phi) is 5.98. The summed E-state index contributed by atoms with van der Waals surface area (Å²) >= 11 is 0. The van der Waals surface area contributed by atoms with Crippen LogP contribution in [-0.2, 0) is 16.4 Å². The van der Waals surface area contributed by atoms with E-state index >= 15 is 0 Å². The monoisotopic (exact) mass is 480 g/mol. The van der Waals surface area contributed by atoms with E-state index in [1.807, 2.05) is 39.0 Å². The van der Waals surface area contributed by atoms with Crippen LogP contribution in [0.4, 0.5) is 5.69 Å². The Morgan fingerprint density at radius 2 is 1.94 bits per heavy atom. The molecule has 0 spiro atoms. The molecule has 2 aliphatic carbocycles. The summed E-state index contributed by atoms with van der Waals surface area (Å²) in [6.45, 7) is 9.05. The van der Waals surface area contributed by atoms with Crippen LogP contribution in [0.25, 0.3) is 16.7 Å². The van der Waals surface area contributed by atoms with Crippen molar-refractivity contribution in [1.82, 2.24) is 0 Å². The van der Waals surface area contributed by atoms with E-state index in [2.05, 4.69) is 6.58 Å². The number of aliphatic hydroxyl groups is 1. The van der Waals surface area contributed by atoms with Gasteiger partial charge in [-0.15, -0.1) is 0 Å². The molecule has 0 fully saturated rings. The van der Waals surface area contributed by atoms with Gasteiger partial charge in [0.15, 0.2) is 0 Å². The summed E-state index contributed by atoms with van der Waals surface area (Å²) in [6.07, 6.45) is 3.11. The van der Waals surface area contributed by atoms with Crippen LogP contribution in [-0.4, -0.2) is 32.1 Å². The molecule has 0 aliphatic heterocycles. The van der Waals surface area contributed by atoms with E-state index in [-0.39, 0.29) is 5.92 Å². The van der Waals surface area contributed by atoms with Gasteiger partial charge in [0.25, 0.3) is 10.0 Å². The third-order valence-corrected chi connectivity index (χ3v) is 8.84. The van der Waals surface area contributed by atoms with Crippen molar-refractivity contribution in [3.63, 3.8) is 0 Å². The Hall–Kier alpha value is -2.90. The molecule has 0 bridgehead atoms. The lowest BCUT2D eigenvalue weighted by Gasteiger charge is -2.33.